The van der Waals surface area contributed by atoms with Crippen molar-refractivity contribution in [1.82, 2.24) is 4.90 Å². The van der Waals surface area contributed by atoms with Crippen LogP contribution in [0.3, 0.4) is 0 Å². The van der Waals surface area contributed by atoms with E-state index in [-0.39, 0.29) is 18.3 Å². The lowest BCUT2D eigenvalue weighted by Gasteiger charge is -2.33. The molecule has 1 aliphatic heterocycles. The molecule has 130 valence electrons. The summed E-state index contributed by atoms with van der Waals surface area (Å²) in [5, 5.41) is 0. The van der Waals surface area contributed by atoms with Gasteiger partial charge in [0.25, 0.3) is 5.91 Å². The van der Waals surface area contributed by atoms with E-state index in [9.17, 15) is 14.0 Å². The van der Waals surface area contributed by atoms with Gasteiger partial charge in [0.15, 0.2) is 0 Å². The Labute approximate surface area is 145 Å². The third kappa shape index (κ3) is 3.69. The fourth-order valence-corrected chi connectivity index (χ4v) is 2.81. The standard InChI is InChI=1S/C19H18FNO4/c1-24-19(23)14-8-6-13(7-9-14)18(22)21-10-11-25-17(12-21)15-4-2-3-5-16(15)20/h2-9,17H,10-12H2,1H3/t17-/m1/s1. The van der Waals surface area contributed by atoms with Crippen LogP contribution in [0.2, 0.25) is 0 Å². The second-order valence-corrected chi connectivity index (χ2v) is 5.70. The van der Waals surface area contributed by atoms with Gasteiger partial charge in [-0.15, -0.1) is 0 Å². The van der Waals surface area contributed by atoms with E-state index in [4.69, 9.17) is 4.74 Å². The molecule has 1 aliphatic rings. The highest BCUT2D eigenvalue weighted by Gasteiger charge is 2.27. The monoisotopic (exact) mass is 343 g/mol. The lowest BCUT2D eigenvalue weighted by Crippen LogP contribution is -2.42. The second kappa shape index (κ2) is 7.44. The number of methoxy groups -OCH3 is 1. The quantitative estimate of drug-likeness (QED) is 0.804. The lowest BCUT2D eigenvalue weighted by atomic mass is 10.1. The van der Waals surface area contributed by atoms with E-state index in [1.54, 1.807) is 47.4 Å². The molecule has 1 amide bonds. The molecular weight excluding hydrogens is 325 g/mol. The molecule has 0 bridgehead atoms. The largest absolute Gasteiger partial charge is 0.465 e. The van der Waals surface area contributed by atoms with Crippen molar-refractivity contribution in [3.8, 4) is 0 Å². The average Bonchev–Trinajstić information content (AvgIpc) is 2.67. The van der Waals surface area contributed by atoms with Crippen molar-refractivity contribution in [3.05, 3.63) is 71.0 Å². The fourth-order valence-electron chi connectivity index (χ4n) is 2.81. The van der Waals surface area contributed by atoms with Crippen LogP contribution in [0, 0.1) is 5.82 Å². The number of carbonyl (C=O) groups excluding carboxylic acids is 2. The number of amides is 1. The zero-order chi connectivity index (χ0) is 17.8. The summed E-state index contributed by atoms with van der Waals surface area (Å²) in [6.45, 7) is 1.05. The van der Waals surface area contributed by atoms with Crippen molar-refractivity contribution in [2.24, 2.45) is 0 Å². The maximum Gasteiger partial charge on any atom is 0.337 e. The van der Waals surface area contributed by atoms with Gasteiger partial charge in [-0.3, -0.25) is 4.79 Å². The lowest BCUT2D eigenvalue weighted by molar-refractivity contribution is -0.0243. The minimum Gasteiger partial charge on any atom is -0.465 e. The van der Waals surface area contributed by atoms with Crippen LogP contribution in [0.5, 0.6) is 0 Å². The molecule has 1 saturated heterocycles. The van der Waals surface area contributed by atoms with Gasteiger partial charge in [0.2, 0.25) is 0 Å². The Balaban J connectivity index is 1.74. The Morgan fingerprint density at radius 1 is 1.12 bits per heavy atom. The van der Waals surface area contributed by atoms with Crippen LogP contribution in [0.15, 0.2) is 48.5 Å². The topological polar surface area (TPSA) is 55.8 Å². The smallest absolute Gasteiger partial charge is 0.337 e. The highest BCUT2D eigenvalue weighted by Crippen LogP contribution is 2.25. The number of nitrogens with zero attached hydrogens (tertiary/aromatic N) is 1. The number of morpholine rings is 1. The molecule has 1 atom stereocenters. The van der Waals surface area contributed by atoms with Gasteiger partial charge in [0.05, 0.1) is 25.8 Å². The number of hydrogen-bond donors (Lipinski definition) is 0. The van der Waals surface area contributed by atoms with E-state index in [2.05, 4.69) is 4.74 Å². The zero-order valence-corrected chi connectivity index (χ0v) is 13.8. The Bertz CT molecular complexity index is 775. The van der Waals surface area contributed by atoms with Crippen LogP contribution < -0.4 is 0 Å². The van der Waals surface area contributed by atoms with Crippen molar-refractivity contribution in [2.75, 3.05) is 26.8 Å². The molecule has 2 aromatic carbocycles. The van der Waals surface area contributed by atoms with Gasteiger partial charge in [0, 0.05) is 17.7 Å². The Kier molecular flexibility index (Phi) is 5.09. The maximum atomic E-state index is 14.0. The summed E-state index contributed by atoms with van der Waals surface area (Å²) < 4.78 is 24.2. The summed E-state index contributed by atoms with van der Waals surface area (Å²) in [7, 11) is 1.30. The molecule has 0 aromatic heterocycles. The molecule has 6 heteroatoms. The summed E-state index contributed by atoms with van der Waals surface area (Å²) in [5.41, 5.74) is 1.29. The third-order valence-corrected chi connectivity index (χ3v) is 4.16. The zero-order valence-electron chi connectivity index (χ0n) is 13.8. The molecule has 0 unspecified atom stereocenters. The number of halogens is 1. The van der Waals surface area contributed by atoms with Gasteiger partial charge in [0.1, 0.15) is 11.9 Å². The molecule has 2 aromatic rings. The van der Waals surface area contributed by atoms with Crippen LogP contribution in [0.4, 0.5) is 4.39 Å². The summed E-state index contributed by atoms with van der Waals surface area (Å²) in [6.07, 6.45) is -0.492. The third-order valence-electron chi connectivity index (χ3n) is 4.16. The van der Waals surface area contributed by atoms with E-state index in [1.807, 2.05) is 0 Å². The van der Waals surface area contributed by atoms with Crippen LogP contribution in [0.1, 0.15) is 32.4 Å². The number of hydrogen-bond acceptors (Lipinski definition) is 4. The van der Waals surface area contributed by atoms with Gasteiger partial charge in [-0.2, -0.15) is 0 Å². The minimum atomic E-state index is -0.492. The molecule has 0 radical (unpaired) electrons. The van der Waals surface area contributed by atoms with E-state index in [0.717, 1.165) is 0 Å². The van der Waals surface area contributed by atoms with Crippen LogP contribution in [-0.2, 0) is 9.47 Å². The van der Waals surface area contributed by atoms with Gasteiger partial charge in [-0.05, 0) is 30.3 Å². The molecular formula is C19H18FNO4. The van der Waals surface area contributed by atoms with Crippen LogP contribution in [-0.4, -0.2) is 43.6 Å². The first-order chi connectivity index (χ1) is 12.1. The van der Waals surface area contributed by atoms with Crippen molar-refractivity contribution in [3.63, 3.8) is 0 Å². The van der Waals surface area contributed by atoms with Crippen molar-refractivity contribution in [2.45, 2.75) is 6.10 Å². The average molecular weight is 343 g/mol. The van der Waals surface area contributed by atoms with Crippen molar-refractivity contribution < 1.29 is 23.5 Å². The highest BCUT2D eigenvalue weighted by molar-refractivity contribution is 5.96. The second-order valence-electron chi connectivity index (χ2n) is 5.70. The number of ether oxygens (including phenoxy) is 2. The first-order valence-corrected chi connectivity index (χ1v) is 7.94. The number of carbonyl (C=O) groups is 2. The number of rotatable bonds is 3. The molecule has 3 rings (SSSR count). The molecule has 1 heterocycles. The molecule has 0 spiro atoms. The van der Waals surface area contributed by atoms with Crippen molar-refractivity contribution >= 4 is 11.9 Å². The van der Waals surface area contributed by atoms with Crippen LogP contribution >= 0.6 is 0 Å². The van der Waals surface area contributed by atoms with Crippen molar-refractivity contribution in [1.29, 1.82) is 0 Å². The molecule has 0 aliphatic carbocycles. The van der Waals surface area contributed by atoms with Gasteiger partial charge < -0.3 is 14.4 Å². The van der Waals surface area contributed by atoms with Crippen LogP contribution in [0.25, 0.3) is 0 Å². The summed E-state index contributed by atoms with van der Waals surface area (Å²) in [5.74, 6) is -0.977. The minimum absolute atomic E-state index is 0.180. The molecule has 1 fully saturated rings. The summed E-state index contributed by atoms with van der Waals surface area (Å²) in [4.78, 5) is 25.8. The van der Waals surface area contributed by atoms with Gasteiger partial charge >= 0.3 is 5.97 Å². The summed E-state index contributed by atoms with van der Waals surface area (Å²) in [6, 6.07) is 12.7. The maximum absolute atomic E-state index is 14.0. The molecule has 5 nitrogen and oxygen atoms in total. The van der Waals surface area contributed by atoms with E-state index >= 15 is 0 Å². The molecule has 0 N–H and O–H groups in total. The summed E-state index contributed by atoms with van der Waals surface area (Å²) >= 11 is 0. The molecule has 25 heavy (non-hydrogen) atoms. The normalized spacial score (nSPS) is 17.2. The SMILES string of the molecule is COC(=O)c1ccc(C(=O)N2CCO[C@@H](c3ccccc3F)C2)cc1. The van der Waals surface area contributed by atoms with E-state index in [1.165, 1.54) is 13.2 Å². The number of esters is 1. The Morgan fingerprint density at radius 2 is 1.80 bits per heavy atom. The number of benzene rings is 2. The fraction of sp³-hybridized carbons (Fsp3) is 0.263. The highest BCUT2D eigenvalue weighted by atomic mass is 19.1. The van der Waals surface area contributed by atoms with E-state index < -0.39 is 12.1 Å². The van der Waals surface area contributed by atoms with Gasteiger partial charge in [-0.25, -0.2) is 9.18 Å². The predicted octanol–water partition coefficient (Wildman–Crippen LogP) is 2.83. The Morgan fingerprint density at radius 3 is 2.48 bits per heavy atom. The van der Waals surface area contributed by atoms with E-state index in [0.29, 0.717) is 29.8 Å². The first-order valence-electron chi connectivity index (χ1n) is 7.94. The first kappa shape index (κ1) is 17.1. The van der Waals surface area contributed by atoms with Gasteiger partial charge in [-0.1, -0.05) is 18.2 Å². The predicted molar refractivity (Wildman–Crippen MR) is 88.8 cm³/mol. The molecule has 0 saturated carbocycles. The Hall–Kier alpha value is -2.73.